The quantitative estimate of drug-likeness (QED) is 0.775. The molecule has 1 saturated carbocycles. The minimum absolute atomic E-state index is 0.0501. The molecule has 0 atom stereocenters. The zero-order valence-electron chi connectivity index (χ0n) is 10.9. The third-order valence-corrected chi connectivity index (χ3v) is 3.30. The van der Waals surface area contributed by atoms with Crippen LogP contribution in [0.4, 0.5) is 0 Å². The summed E-state index contributed by atoms with van der Waals surface area (Å²) in [4.78, 5) is 11.9. The number of hydrogen-bond acceptors (Lipinski definition) is 2. The monoisotopic (exact) mass is 226 g/mol. The number of carbonyl (C=O) groups excluding carboxylic acids is 1. The molecule has 1 aliphatic carbocycles. The Hall–Kier alpha value is -0.570. The maximum absolute atomic E-state index is 11.9. The normalized spacial score (nSPS) is 20.5. The molecule has 3 heteroatoms. The molecular formula is C13H26N2O. The van der Waals surface area contributed by atoms with Gasteiger partial charge in [-0.2, -0.15) is 0 Å². The van der Waals surface area contributed by atoms with Gasteiger partial charge in [0.15, 0.2) is 0 Å². The summed E-state index contributed by atoms with van der Waals surface area (Å²) < 4.78 is 0. The predicted molar refractivity (Wildman–Crippen MR) is 67.1 cm³/mol. The molecule has 0 saturated heterocycles. The lowest BCUT2D eigenvalue weighted by Gasteiger charge is -2.37. The Kier molecular flexibility index (Phi) is 4.36. The van der Waals surface area contributed by atoms with Gasteiger partial charge in [0.25, 0.3) is 0 Å². The van der Waals surface area contributed by atoms with Gasteiger partial charge in [0.2, 0.25) is 5.91 Å². The molecule has 0 heterocycles. The van der Waals surface area contributed by atoms with Crippen LogP contribution in [-0.4, -0.2) is 18.0 Å². The fraction of sp³-hybridized carbons (Fsp3) is 0.923. The maximum Gasteiger partial charge on any atom is 0.220 e. The topological polar surface area (TPSA) is 55.1 Å². The van der Waals surface area contributed by atoms with Crippen LogP contribution in [0, 0.1) is 5.41 Å². The van der Waals surface area contributed by atoms with E-state index in [1.165, 1.54) is 19.3 Å². The minimum Gasteiger partial charge on any atom is -0.349 e. The van der Waals surface area contributed by atoms with E-state index in [-0.39, 0.29) is 16.9 Å². The van der Waals surface area contributed by atoms with Gasteiger partial charge in [-0.1, -0.05) is 40.0 Å². The third kappa shape index (κ3) is 4.12. The van der Waals surface area contributed by atoms with Crippen molar-refractivity contribution in [1.82, 2.24) is 5.32 Å². The van der Waals surface area contributed by atoms with Crippen molar-refractivity contribution in [3.05, 3.63) is 0 Å². The van der Waals surface area contributed by atoms with Crippen molar-refractivity contribution in [2.24, 2.45) is 11.1 Å². The lowest BCUT2D eigenvalue weighted by Crippen LogP contribution is -2.55. The van der Waals surface area contributed by atoms with E-state index in [4.69, 9.17) is 5.73 Å². The summed E-state index contributed by atoms with van der Waals surface area (Å²) in [7, 11) is 0. The summed E-state index contributed by atoms with van der Waals surface area (Å²) >= 11 is 0. The molecule has 0 aromatic rings. The summed E-state index contributed by atoms with van der Waals surface area (Å²) in [6.45, 7) is 6.83. The van der Waals surface area contributed by atoms with E-state index in [2.05, 4.69) is 26.1 Å². The second-order valence-electron chi connectivity index (χ2n) is 6.33. The fourth-order valence-corrected chi connectivity index (χ4v) is 2.43. The second kappa shape index (κ2) is 5.17. The van der Waals surface area contributed by atoms with Crippen LogP contribution < -0.4 is 11.1 Å². The first kappa shape index (κ1) is 13.5. The number of nitrogens with one attached hydrogen (secondary N) is 1. The van der Waals surface area contributed by atoms with Gasteiger partial charge in [-0.25, -0.2) is 0 Å². The van der Waals surface area contributed by atoms with Crippen molar-refractivity contribution in [3.63, 3.8) is 0 Å². The van der Waals surface area contributed by atoms with Gasteiger partial charge in [0.05, 0.1) is 5.54 Å². The molecule has 1 aliphatic rings. The summed E-state index contributed by atoms with van der Waals surface area (Å²) in [5.41, 5.74) is 5.78. The van der Waals surface area contributed by atoms with Crippen LogP contribution in [0.3, 0.4) is 0 Å². The molecule has 0 unspecified atom stereocenters. The minimum atomic E-state index is -0.111. The highest BCUT2D eigenvalue weighted by Crippen LogP contribution is 2.28. The average Bonchev–Trinajstić information content (AvgIpc) is 2.16. The highest BCUT2D eigenvalue weighted by molar-refractivity contribution is 5.77. The molecular weight excluding hydrogens is 200 g/mol. The Morgan fingerprint density at radius 2 is 1.81 bits per heavy atom. The van der Waals surface area contributed by atoms with Gasteiger partial charge in [0, 0.05) is 13.0 Å². The molecule has 0 aromatic heterocycles. The number of nitrogens with two attached hydrogens (primary N) is 1. The van der Waals surface area contributed by atoms with Gasteiger partial charge in [0.1, 0.15) is 0 Å². The largest absolute Gasteiger partial charge is 0.349 e. The summed E-state index contributed by atoms with van der Waals surface area (Å²) in [6.07, 6.45) is 6.31. The zero-order chi connectivity index (χ0) is 12.2. The molecule has 3 nitrogen and oxygen atoms in total. The molecule has 0 aliphatic heterocycles. The Morgan fingerprint density at radius 1 is 1.25 bits per heavy atom. The smallest absolute Gasteiger partial charge is 0.220 e. The summed E-state index contributed by atoms with van der Waals surface area (Å²) in [6, 6.07) is 0. The number of rotatable bonds is 3. The third-order valence-electron chi connectivity index (χ3n) is 3.30. The molecule has 3 N–H and O–H groups in total. The van der Waals surface area contributed by atoms with Crippen molar-refractivity contribution in [3.8, 4) is 0 Å². The van der Waals surface area contributed by atoms with Crippen molar-refractivity contribution in [2.75, 3.05) is 6.54 Å². The van der Waals surface area contributed by atoms with Crippen molar-refractivity contribution in [1.29, 1.82) is 0 Å². The van der Waals surface area contributed by atoms with Gasteiger partial charge in [-0.15, -0.1) is 0 Å². The Bertz CT molecular complexity index is 237. The van der Waals surface area contributed by atoms with Crippen LogP contribution in [0.25, 0.3) is 0 Å². The molecule has 16 heavy (non-hydrogen) atoms. The number of amides is 1. The van der Waals surface area contributed by atoms with Gasteiger partial charge < -0.3 is 11.1 Å². The van der Waals surface area contributed by atoms with Gasteiger partial charge in [-0.3, -0.25) is 4.79 Å². The molecule has 94 valence electrons. The molecule has 0 radical (unpaired) electrons. The van der Waals surface area contributed by atoms with Crippen LogP contribution in [-0.2, 0) is 4.79 Å². The molecule has 1 amide bonds. The average molecular weight is 226 g/mol. The van der Waals surface area contributed by atoms with Crippen LogP contribution in [0.5, 0.6) is 0 Å². The highest BCUT2D eigenvalue weighted by atomic mass is 16.1. The predicted octanol–water partition coefficient (Wildman–Crippen LogP) is 2.20. The molecule has 0 aromatic carbocycles. The lowest BCUT2D eigenvalue weighted by molar-refractivity contribution is -0.125. The first-order valence-electron chi connectivity index (χ1n) is 6.38. The first-order valence-corrected chi connectivity index (χ1v) is 6.38. The Balaban J connectivity index is 2.52. The van der Waals surface area contributed by atoms with Gasteiger partial charge >= 0.3 is 0 Å². The van der Waals surface area contributed by atoms with E-state index >= 15 is 0 Å². The number of hydrogen-bond donors (Lipinski definition) is 2. The lowest BCUT2D eigenvalue weighted by atomic mass is 9.81. The molecule has 1 rings (SSSR count). The Morgan fingerprint density at radius 3 is 2.25 bits per heavy atom. The van der Waals surface area contributed by atoms with E-state index in [0.717, 1.165) is 12.8 Å². The van der Waals surface area contributed by atoms with Crippen LogP contribution >= 0.6 is 0 Å². The maximum atomic E-state index is 11.9. The number of carbonyl (C=O) groups is 1. The van der Waals surface area contributed by atoms with E-state index in [0.29, 0.717) is 13.0 Å². The van der Waals surface area contributed by atoms with Crippen molar-refractivity contribution < 1.29 is 4.79 Å². The van der Waals surface area contributed by atoms with Crippen molar-refractivity contribution in [2.45, 2.75) is 64.8 Å². The zero-order valence-corrected chi connectivity index (χ0v) is 10.9. The first-order chi connectivity index (χ1) is 7.37. The molecule has 1 fully saturated rings. The fourth-order valence-electron chi connectivity index (χ4n) is 2.43. The van der Waals surface area contributed by atoms with Crippen molar-refractivity contribution >= 4 is 5.91 Å². The van der Waals surface area contributed by atoms with E-state index in [9.17, 15) is 4.79 Å². The van der Waals surface area contributed by atoms with E-state index < -0.39 is 0 Å². The van der Waals surface area contributed by atoms with Crippen LogP contribution in [0.2, 0.25) is 0 Å². The SMILES string of the molecule is CC(C)(C)CC(=O)NC1(CN)CCCCC1. The summed E-state index contributed by atoms with van der Waals surface area (Å²) in [5, 5.41) is 3.17. The van der Waals surface area contributed by atoms with Crippen LogP contribution in [0.15, 0.2) is 0 Å². The molecule has 0 bridgehead atoms. The van der Waals surface area contributed by atoms with Crippen LogP contribution in [0.1, 0.15) is 59.3 Å². The second-order valence-corrected chi connectivity index (χ2v) is 6.33. The standard InChI is InChI=1S/C13H26N2O/c1-12(2,3)9-11(16)15-13(10-14)7-5-4-6-8-13/h4-10,14H2,1-3H3,(H,15,16). The molecule has 0 spiro atoms. The summed E-state index contributed by atoms with van der Waals surface area (Å²) in [5.74, 6) is 0.153. The Labute approximate surface area is 99.2 Å². The van der Waals surface area contributed by atoms with E-state index in [1.807, 2.05) is 0 Å². The highest BCUT2D eigenvalue weighted by Gasteiger charge is 2.32. The van der Waals surface area contributed by atoms with Gasteiger partial charge in [-0.05, 0) is 18.3 Å². The van der Waals surface area contributed by atoms with E-state index in [1.54, 1.807) is 0 Å².